The third-order valence-electron chi connectivity index (χ3n) is 4.28. The Morgan fingerprint density at radius 1 is 1.10 bits per heavy atom. The zero-order chi connectivity index (χ0) is 20.4. The van der Waals surface area contributed by atoms with E-state index in [1.807, 2.05) is 29.1 Å². The summed E-state index contributed by atoms with van der Waals surface area (Å²) in [4.78, 5) is 17.0. The zero-order valence-corrected chi connectivity index (χ0v) is 16.7. The highest BCUT2D eigenvalue weighted by molar-refractivity contribution is 6.33. The van der Waals surface area contributed by atoms with E-state index in [-0.39, 0.29) is 5.56 Å². The van der Waals surface area contributed by atoms with Crippen molar-refractivity contribution in [3.8, 4) is 17.1 Å². The molecule has 9 heteroatoms. The third kappa shape index (κ3) is 3.70. The van der Waals surface area contributed by atoms with Crippen LogP contribution in [0.15, 0.2) is 67.5 Å². The molecule has 0 atom stereocenters. The van der Waals surface area contributed by atoms with E-state index in [1.165, 1.54) is 24.4 Å². The van der Waals surface area contributed by atoms with Gasteiger partial charge in [-0.05, 0) is 30.3 Å². The molecular formula is C20H15Cl2N5O2. The van der Waals surface area contributed by atoms with Crippen LogP contribution in [0.3, 0.4) is 0 Å². The number of halogens is 2. The highest BCUT2D eigenvalue weighted by Crippen LogP contribution is 2.32. The summed E-state index contributed by atoms with van der Waals surface area (Å²) in [5.74, 6) is -0.00799. The fourth-order valence-electron chi connectivity index (χ4n) is 2.94. The second-order valence-corrected chi connectivity index (χ2v) is 6.84. The van der Waals surface area contributed by atoms with Crippen LogP contribution in [0.1, 0.15) is 10.4 Å². The largest absolute Gasteiger partial charge is 0.496 e. The van der Waals surface area contributed by atoms with Crippen molar-refractivity contribution in [2.45, 2.75) is 0 Å². The fourth-order valence-corrected chi connectivity index (χ4v) is 3.47. The predicted octanol–water partition coefficient (Wildman–Crippen LogP) is 4.63. The van der Waals surface area contributed by atoms with Gasteiger partial charge in [0.05, 0.1) is 34.1 Å². The van der Waals surface area contributed by atoms with Crippen molar-refractivity contribution in [2.75, 3.05) is 12.4 Å². The zero-order valence-electron chi connectivity index (χ0n) is 15.2. The van der Waals surface area contributed by atoms with Gasteiger partial charge in [0.1, 0.15) is 24.1 Å². The first-order valence-electron chi connectivity index (χ1n) is 8.54. The molecule has 0 bridgehead atoms. The standard InChI is InChI=1S/C20H15Cl2N5O2/c1-29-18-10-17(26-7-2-3-8-26)15(22)9-13(18)20(28)25-16-6-4-5-14(21)19(16)27-12-23-11-24-27/h2-12H,1H3,(H,25,28). The van der Waals surface area contributed by atoms with Crippen LogP contribution in [-0.4, -0.2) is 32.3 Å². The number of nitrogens with zero attached hydrogens (tertiary/aromatic N) is 4. The van der Waals surface area contributed by atoms with Crippen molar-refractivity contribution in [1.82, 2.24) is 19.3 Å². The van der Waals surface area contributed by atoms with Gasteiger partial charge >= 0.3 is 0 Å². The summed E-state index contributed by atoms with van der Waals surface area (Å²) in [5.41, 5.74) is 1.98. The first-order valence-corrected chi connectivity index (χ1v) is 9.30. The molecule has 0 aliphatic heterocycles. The lowest BCUT2D eigenvalue weighted by Crippen LogP contribution is -2.15. The van der Waals surface area contributed by atoms with Crippen molar-refractivity contribution in [3.63, 3.8) is 0 Å². The number of benzene rings is 2. The molecule has 0 aliphatic carbocycles. The summed E-state index contributed by atoms with van der Waals surface area (Å²) in [6.07, 6.45) is 6.60. The third-order valence-corrected chi connectivity index (χ3v) is 4.89. The number of methoxy groups -OCH3 is 1. The second kappa shape index (κ2) is 7.98. The van der Waals surface area contributed by atoms with Gasteiger partial charge in [-0.15, -0.1) is 0 Å². The van der Waals surface area contributed by atoms with Gasteiger partial charge in [0.15, 0.2) is 0 Å². The first-order chi connectivity index (χ1) is 14.1. The Bertz CT molecular complexity index is 1160. The average Bonchev–Trinajstić information content (AvgIpc) is 3.42. The Kier molecular flexibility index (Phi) is 5.24. The Hall–Kier alpha value is -3.29. The van der Waals surface area contributed by atoms with Crippen LogP contribution in [0.2, 0.25) is 10.0 Å². The Morgan fingerprint density at radius 2 is 1.90 bits per heavy atom. The number of hydrogen-bond donors (Lipinski definition) is 1. The van der Waals surface area contributed by atoms with E-state index in [4.69, 9.17) is 27.9 Å². The molecule has 2 aromatic heterocycles. The van der Waals surface area contributed by atoms with E-state index in [0.29, 0.717) is 32.9 Å². The number of aromatic nitrogens is 4. The molecular weight excluding hydrogens is 413 g/mol. The van der Waals surface area contributed by atoms with Crippen molar-refractivity contribution < 1.29 is 9.53 Å². The molecule has 146 valence electrons. The molecule has 2 heterocycles. The first kappa shape index (κ1) is 19.0. The Labute approximate surface area is 176 Å². The smallest absolute Gasteiger partial charge is 0.259 e. The van der Waals surface area contributed by atoms with Crippen molar-refractivity contribution in [1.29, 1.82) is 0 Å². The Balaban J connectivity index is 1.72. The topological polar surface area (TPSA) is 74.0 Å². The number of carbonyl (C=O) groups excluding carboxylic acids is 1. The van der Waals surface area contributed by atoms with Crippen LogP contribution in [0.25, 0.3) is 11.4 Å². The number of para-hydroxylation sites is 1. The fraction of sp³-hybridized carbons (Fsp3) is 0.0500. The lowest BCUT2D eigenvalue weighted by Gasteiger charge is -2.15. The lowest BCUT2D eigenvalue weighted by atomic mass is 10.1. The number of hydrogen-bond acceptors (Lipinski definition) is 4. The molecule has 1 amide bonds. The lowest BCUT2D eigenvalue weighted by molar-refractivity contribution is 0.102. The number of ether oxygens (including phenoxy) is 1. The summed E-state index contributed by atoms with van der Waals surface area (Å²) < 4.78 is 8.76. The van der Waals surface area contributed by atoms with Crippen molar-refractivity contribution in [3.05, 3.63) is 83.1 Å². The van der Waals surface area contributed by atoms with Gasteiger partial charge in [0.2, 0.25) is 0 Å². The van der Waals surface area contributed by atoms with E-state index >= 15 is 0 Å². The molecule has 0 saturated heterocycles. The number of amides is 1. The highest BCUT2D eigenvalue weighted by atomic mass is 35.5. The molecule has 7 nitrogen and oxygen atoms in total. The summed E-state index contributed by atoms with van der Waals surface area (Å²) in [6, 6.07) is 12.2. The molecule has 0 radical (unpaired) electrons. The molecule has 1 N–H and O–H groups in total. The van der Waals surface area contributed by atoms with Crippen LogP contribution in [0.4, 0.5) is 5.69 Å². The van der Waals surface area contributed by atoms with Gasteiger partial charge in [-0.1, -0.05) is 29.3 Å². The van der Waals surface area contributed by atoms with Gasteiger partial charge in [-0.25, -0.2) is 9.67 Å². The normalized spacial score (nSPS) is 10.7. The molecule has 29 heavy (non-hydrogen) atoms. The maximum Gasteiger partial charge on any atom is 0.259 e. The van der Waals surface area contributed by atoms with Gasteiger partial charge in [0.25, 0.3) is 5.91 Å². The minimum atomic E-state index is -0.397. The number of anilines is 1. The van der Waals surface area contributed by atoms with Gasteiger partial charge in [-0.2, -0.15) is 5.10 Å². The van der Waals surface area contributed by atoms with E-state index in [0.717, 1.165) is 0 Å². The predicted molar refractivity (Wildman–Crippen MR) is 112 cm³/mol. The van der Waals surface area contributed by atoms with E-state index < -0.39 is 5.91 Å². The van der Waals surface area contributed by atoms with Crippen LogP contribution in [0.5, 0.6) is 5.75 Å². The summed E-state index contributed by atoms with van der Waals surface area (Å²) in [6.45, 7) is 0. The van der Waals surface area contributed by atoms with Crippen molar-refractivity contribution in [2.24, 2.45) is 0 Å². The molecule has 0 saturated carbocycles. The molecule has 0 spiro atoms. The van der Waals surface area contributed by atoms with Gasteiger partial charge in [0, 0.05) is 18.5 Å². The number of rotatable bonds is 5. The summed E-state index contributed by atoms with van der Waals surface area (Å²) in [7, 11) is 1.50. The van der Waals surface area contributed by atoms with E-state index in [9.17, 15) is 4.79 Å². The maximum atomic E-state index is 13.0. The van der Waals surface area contributed by atoms with Crippen LogP contribution >= 0.6 is 23.2 Å². The van der Waals surface area contributed by atoms with Gasteiger partial charge in [-0.3, -0.25) is 4.79 Å². The van der Waals surface area contributed by atoms with Crippen LogP contribution < -0.4 is 10.1 Å². The molecule has 0 fully saturated rings. The minimum Gasteiger partial charge on any atom is -0.496 e. The number of nitrogens with one attached hydrogen (secondary N) is 1. The molecule has 2 aromatic carbocycles. The molecule has 4 rings (SSSR count). The van der Waals surface area contributed by atoms with E-state index in [2.05, 4.69) is 15.4 Å². The van der Waals surface area contributed by atoms with Crippen molar-refractivity contribution >= 4 is 34.8 Å². The molecule has 0 aliphatic rings. The molecule has 4 aromatic rings. The maximum absolute atomic E-state index is 13.0. The SMILES string of the molecule is COc1cc(-n2cccc2)c(Cl)cc1C(=O)Nc1cccc(Cl)c1-n1cncn1. The average molecular weight is 428 g/mol. The van der Waals surface area contributed by atoms with Crippen LogP contribution in [-0.2, 0) is 0 Å². The molecule has 0 unspecified atom stereocenters. The minimum absolute atomic E-state index is 0.290. The second-order valence-electron chi connectivity index (χ2n) is 6.02. The quantitative estimate of drug-likeness (QED) is 0.503. The summed E-state index contributed by atoms with van der Waals surface area (Å²) in [5, 5.41) is 7.78. The van der Waals surface area contributed by atoms with Crippen LogP contribution in [0, 0.1) is 0 Å². The highest BCUT2D eigenvalue weighted by Gasteiger charge is 2.19. The number of carbonyl (C=O) groups is 1. The summed E-state index contributed by atoms with van der Waals surface area (Å²) >= 11 is 12.8. The Morgan fingerprint density at radius 3 is 2.59 bits per heavy atom. The van der Waals surface area contributed by atoms with E-state index in [1.54, 1.807) is 30.3 Å². The monoisotopic (exact) mass is 427 g/mol. The van der Waals surface area contributed by atoms with Gasteiger partial charge < -0.3 is 14.6 Å².